The van der Waals surface area contributed by atoms with Crippen molar-refractivity contribution < 1.29 is 14.6 Å². The number of aromatic hydroxyl groups is 1. The van der Waals surface area contributed by atoms with Crippen molar-refractivity contribution >= 4 is 5.97 Å². The number of hydrogen-bond acceptors (Lipinski definition) is 3. The number of phenols is 1. The quantitative estimate of drug-likeness (QED) is 0.342. The van der Waals surface area contributed by atoms with Crippen LogP contribution in [0.15, 0.2) is 30.3 Å². The van der Waals surface area contributed by atoms with Crippen molar-refractivity contribution in [3.05, 3.63) is 58.1 Å². The smallest absolute Gasteiger partial charge is 0.343 e. The highest BCUT2D eigenvalue weighted by Crippen LogP contribution is 2.42. The second-order valence-corrected chi connectivity index (χ2v) is 13.0. The molecule has 0 saturated heterocycles. The van der Waals surface area contributed by atoms with E-state index in [2.05, 4.69) is 95.2 Å². The Kier molecular flexibility index (Phi) is 7.72. The van der Waals surface area contributed by atoms with E-state index in [4.69, 9.17) is 4.74 Å². The fraction of sp³-hybridized carbons (Fsp3) is 0.581. The first-order chi connectivity index (χ1) is 15.3. The highest BCUT2D eigenvalue weighted by atomic mass is 16.5. The van der Waals surface area contributed by atoms with Gasteiger partial charge in [0.15, 0.2) is 0 Å². The maximum atomic E-state index is 13.6. The van der Waals surface area contributed by atoms with Crippen LogP contribution in [0.25, 0.3) is 0 Å². The number of ether oxygens (including phenoxy) is 1. The minimum Gasteiger partial charge on any atom is -0.507 e. The zero-order chi connectivity index (χ0) is 26.3. The first kappa shape index (κ1) is 28.0. The van der Waals surface area contributed by atoms with Gasteiger partial charge in [0.25, 0.3) is 0 Å². The molecule has 2 rings (SSSR count). The zero-order valence-electron chi connectivity index (χ0n) is 23.6. The van der Waals surface area contributed by atoms with E-state index >= 15 is 0 Å². The van der Waals surface area contributed by atoms with Crippen LogP contribution in [0.1, 0.15) is 129 Å². The predicted molar refractivity (Wildman–Crippen MR) is 144 cm³/mol. The van der Waals surface area contributed by atoms with Gasteiger partial charge in [-0.1, -0.05) is 95.2 Å². The molecular weight excluding hydrogens is 420 g/mol. The molecule has 2 aromatic carbocycles. The molecule has 0 unspecified atom stereocenters. The Morgan fingerprint density at radius 2 is 1.21 bits per heavy atom. The molecule has 0 fully saturated rings. The van der Waals surface area contributed by atoms with E-state index in [9.17, 15) is 9.90 Å². The first-order valence-electron chi connectivity index (χ1n) is 12.6. The summed E-state index contributed by atoms with van der Waals surface area (Å²) in [7, 11) is 0. The molecule has 188 valence electrons. The van der Waals surface area contributed by atoms with Crippen molar-refractivity contribution in [2.24, 2.45) is 0 Å². The molecule has 0 aliphatic heterocycles. The van der Waals surface area contributed by atoms with Crippen LogP contribution < -0.4 is 4.74 Å². The Morgan fingerprint density at radius 3 is 1.62 bits per heavy atom. The summed E-state index contributed by atoms with van der Waals surface area (Å²) < 4.78 is 6.01. The SMILES string of the molecule is CCC(C)(C)c1ccc(C(=O)Oc2cc(C(C)(C)C)c(O)c(C(C)(C)C)c2)c(C(C)(C)CC)c1. The molecule has 0 atom stereocenters. The molecule has 0 aliphatic rings. The van der Waals surface area contributed by atoms with E-state index in [0.29, 0.717) is 11.3 Å². The van der Waals surface area contributed by atoms with Crippen LogP contribution in [-0.2, 0) is 21.7 Å². The number of phenolic OH excluding ortho intramolecular Hbond substituents is 1. The van der Waals surface area contributed by atoms with Gasteiger partial charge >= 0.3 is 5.97 Å². The monoisotopic (exact) mass is 466 g/mol. The summed E-state index contributed by atoms with van der Waals surface area (Å²) in [5.41, 5.74) is 3.67. The van der Waals surface area contributed by atoms with Gasteiger partial charge in [-0.05, 0) is 63.8 Å². The second kappa shape index (κ2) is 9.40. The summed E-state index contributed by atoms with van der Waals surface area (Å²) in [6.45, 7) is 25.5. The molecule has 1 N–H and O–H groups in total. The van der Waals surface area contributed by atoms with Crippen LogP contribution in [0.2, 0.25) is 0 Å². The van der Waals surface area contributed by atoms with E-state index < -0.39 is 0 Å². The van der Waals surface area contributed by atoms with Gasteiger partial charge in [-0.15, -0.1) is 0 Å². The van der Waals surface area contributed by atoms with Gasteiger partial charge in [0.1, 0.15) is 11.5 Å². The molecule has 0 heterocycles. The maximum absolute atomic E-state index is 13.6. The molecule has 0 radical (unpaired) electrons. The van der Waals surface area contributed by atoms with Gasteiger partial charge in [-0.2, -0.15) is 0 Å². The lowest BCUT2D eigenvalue weighted by molar-refractivity contribution is 0.0731. The van der Waals surface area contributed by atoms with E-state index in [1.54, 1.807) is 0 Å². The third-order valence-electron chi connectivity index (χ3n) is 7.43. The fourth-order valence-electron chi connectivity index (χ4n) is 4.07. The van der Waals surface area contributed by atoms with Crippen LogP contribution in [0, 0.1) is 0 Å². The number of esters is 1. The normalized spacial score (nSPS) is 13.2. The Labute approximate surface area is 207 Å². The van der Waals surface area contributed by atoms with E-state index in [1.165, 1.54) is 5.56 Å². The summed E-state index contributed by atoms with van der Waals surface area (Å²) >= 11 is 0. The van der Waals surface area contributed by atoms with Crippen LogP contribution in [0.3, 0.4) is 0 Å². The fourth-order valence-corrected chi connectivity index (χ4v) is 4.07. The number of hydrogen-bond donors (Lipinski definition) is 1. The molecule has 0 amide bonds. The lowest BCUT2D eigenvalue weighted by Gasteiger charge is -2.30. The van der Waals surface area contributed by atoms with Crippen molar-refractivity contribution in [2.45, 2.75) is 118 Å². The summed E-state index contributed by atoms with van der Waals surface area (Å²) in [6.07, 6.45) is 1.92. The Bertz CT molecular complexity index is 1010. The molecule has 0 spiro atoms. The van der Waals surface area contributed by atoms with Crippen molar-refractivity contribution in [3.8, 4) is 11.5 Å². The third-order valence-corrected chi connectivity index (χ3v) is 7.43. The average Bonchev–Trinajstić information content (AvgIpc) is 2.72. The zero-order valence-corrected chi connectivity index (χ0v) is 23.6. The highest BCUT2D eigenvalue weighted by Gasteiger charge is 2.30. The van der Waals surface area contributed by atoms with E-state index in [0.717, 1.165) is 29.5 Å². The lowest BCUT2D eigenvalue weighted by Crippen LogP contribution is -2.25. The first-order valence-corrected chi connectivity index (χ1v) is 12.6. The average molecular weight is 467 g/mol. The van der Waals surface area contributed by atoms with Crippen LogP contribution in [0.4, 0.5) is 0 Å². The molecule has 34 heavy (non-hydrogen) atoms. The summed E-state index contributed by atoms with van der Waals surface area (Å²) in [5, 5.41) is 11.0. The van der Waals surface area contributed by atoms with E-state index in [-0.39, 0.29) is 33.4 Å². The number of rotatable bonds is 6. The molecule has 0 bridgehead atoms. The topological polar surface area (TPSA) is 46.5 Å². The molecular formula is C31H46O3. The Morgan fingerprint density at radius 1 is 0.735 bits per heavy atom. The lowest BCUT2D eigenvalue weighted by atomic mass is 9.75. The van der Waals surface area contributed by atoms with Gasteiger partial charge in [-0.25, -0.2) is 4.79 Å². The summed E-state index contributed by atoms with van der Waals surface area (Å²) in [6, 6.07) is 9.80. The van der Waals surface area contributed by atoms with Crippen molar-refractivity contribution in [2.75, 3.05) is 0 Å². The Hall–Kier alpha value is -2.29. The largest absolute Gasteiger partial charge is 0.507 e. The van der Waals surface area contributed by atoms with Crippen LogP contribution >= 0.6 is 0 Å². The summed E-state index contributed by atoms with van der Waals surface area (Å²) in [4.78, 5) is 13.6. The van der Waals surface area contributed by atoms with Gasteiger partial charge in [0, 0.05) is 11.1 Å². The maximum Gasteiger partial charge on any atom is 0.343 e. The van der Waals surface area contributed by atoms with E-state index in [1.807, 2.05) is 18.2 Å². The molecule has 0 saturated carbocycles. The molecule has 2 aromatic rings. The van der Waals surface area contributed by atoms with Crippen molar-refractivity contribution in [1.29, 1.82) is 0 Å². The van der Waals surface area contributed by atoms with Gasteiger partial charge in [-0.3, -0.25) is 0 Å². The number of carbonyl (C=O) groups is 1. The molecule has 0 aliphatic carbocycles. The standard InChI is InChI=1S/C31H46O3/c1-13-30(9,10)20-15-16-22(23(17-20)31(11,12)14-2)27(33)34-21-18-24(28(3,4)5)26(32)25(19-21)29(6,7)8/h15-19,32H,13-14H2,1-12H3. The van der Waals surface area contributed by atoms with Crippen molar-refractivity contribution in [1.82, 2.24) is 0 Å². The number of carbonyl (C=O) groups excluding carboxylic acids is 1. The van der Waals surface area contributed by atoms with Crippen LogP contribution in [0.5, 0.6) is 11.5 Å². The van der Waals surface area contributed by atoms with Crippen LogP contribution in [-0.4, -0.2) is 11.1 Å². The Balaban J connectivity index is 2.64. The minimum atomic E-state index is -0.359. The molecule has 3 heteroatoms. The highest BCUT2D eigenvalue weighted by molar-refractivity contribution is 5.93. The molecule has 3 nitrogen and oxygen atoms in total. The molecule has 0 aromatic heterocycles. The van der Waals surface area contributed by atoms with Crippen molar-refractivity contribution in [3.63, 3.8) is 0 Å². The number of benzene rings is 2. The van der Waals surface area contributed by atoms with Gasteiger partial charge in [0.05, 0.1) is 5.56 Å². The van der Waals surface area contributed by atoms with Gasteiger partial charge < -0.3 is 9.84 Å². The summed E-state index contributed by atoms with van der Waals surface area (Å²) in [5.74, 6) is 0.386. The third kappa shape index (κ3) is 5.85. The van der Waals surface area contributed by atoms with Gasteiger partial charge in [0.2, 0.25) is 0 Å². The second-order valence-electron chi connectivity index (χ2n) is 13.0. The predicted octanol–water partition coefficient (Wildman–Crippen LogP) is 8.58. The minimum absolute atomic E-state index is 0.0290.